The molecule has 2 aliphatic rings. The van der Waals surface area contributed by atoms with E-state index in [9.17, 15) is 9.90 Å². The molecule has 6 heteroatoms. The summed E-state index contributed by atoms with van der Waals surface area (Å²) in [6.07, 6.45) is 5.29. The van der Waals surface area contributed by atoms with Gasteiger partial charge in [0.15, 0.2) is 0 Å². The van der Waals surface area contributed by atoms with Crippen molar-refractivity contribution in [1.82, 2.24) is 9.97 Å². The predicted molar refractivity (Wildman–Crippen MR) is 91.7 cm³/mol. The van der Waals surface area contributed by atoms with Crippen LogP contribution in [0.25, 0.3) is 11.3 Å². The maximum atomic E-state index is 12.0. The van der Waals surface area contributed by atoms with Gasteiger partial charge in [-0.3, -0.25) is 4.79 Å². The minimum Gasteiger partial charge on any atom is -0.393 e. The number of carbonyl (C=O) groups is 1. The second-order valence-corrected chi connectivity index (χ2v) is 6.49. The van der Waals surface area contributed by atoms with Crippen molar-refractivity contribution in [2.24, 2.45) is 0 Å². The van der Waals surface area contributed by atoms with Crippen LogP contribution in [0.5, 0.6) is 0 Å². The van der Waals surface area contributed by atoms with Crippen molar-refractivity contribution in [3.8, 4) is 11.3 Å². The Hall–Kier alpha value is -2.47. The lowest BCUT2D eigenvalue weighted by atomic mass is 9.93. The molecular formula is C18H20N4O2. The Balaban J connectivity index is 1.65. The molecule has 0 unspecified atom stereocenters. The van der Waals surface area contributed by atoms with Gasteiger partial charge in [0.1, 0.15) is 0 Å². The van der Waals surface area contributed by atoms with Crippen molar-refractivity contribution in [3.63, 3.8) is 0 Å². The highest BCUT2D eigenvalue weighted by molar-refractivity contribution is 5.99. The van der Waals surface area contributed by atoms with Gasteiger partial charge in [0.25, 0.3) is 0 Å². The van der Waals surface area contributed by atoms with E-state index >= 15 is 0 Å². The van der Waals surface area contributed by atoms with Gasteiger partial charge >= 0.3 is 0 Å². The van der Waals surface area contributed by atoms with Gasteiger partial charge in [0.2, 0.25) is 11.9 Å². The van der Waals surface area contributed by atoms with E-state index in [0.717, 1.165) is 48.2 Å². The fourth-order valence-electron chi connectivity index (χ4n) is 3.41. The first kappa shape index (κ1) is 15.1. The Morgan fingerprint density at radius 3 is 2.79 bits per heavy atom. The van der Waals surface area contributed by atoms with Crippen LogP contribution in [0, 0.1) is 0 Å². The molecule has 4 rings (SSSR count). The zero-order valence-electron chi connectivity index (χ0n) is 13.3. The van der Waals surface area contributed by atoms with Gasteiger partial charge < -0.3 is 15.7 Å². The summed E-state index contributed by atoms with van der Waals surface area (Å²) in [6, 6.07) is 7.98. The lowest BCUT2D eigenvalue weighted by molar-refractivity contribution is -0.115. The number of nitrogens with zero attached hydrogens (tertiary/aromatic N) is 2. The molecule has 3 N–H and O–H groups in total. The molecular weight excluding hydrogens is 304 g/mol. The third-order valence-electron chi connectivity index (χ3n) is 4.70. The first-order valence-corrected chi connectivity index (χ1v) is 8.39. The predicted octanol–water partition coefficient (Wildman–Crippen LogP) is 2.35. The SMILES string of the molecule is O=C1Cc2cnc(NC3CCC(O)CC3)nc2-c2ccccc2N1. The number of anilines is 2. The highest BCUT2D eigenvalue weighted by Gasteiger charge is 2.23. The maximum absolute atomic E-state index is 12.0. The van der Waals surface area contributed by atoms with Gasteiger partial charge in [-0.1, -0.05) is 18.2 Å². The van der Waals surface area contributed by atoms with Crippen molar-refractivity contribution < 1.29 is 9.90 Å². The zero-order valence-corrected chi connectivity index (χ0v) is 13.3. The summed E-state index contributed by atoms with van der Waals surface area (Å²) in [4.78, 5) is 21.1. The molecule has 2 heterocycles. The number of hydrogen-bond donors (Lipinski definition) is 3. The Bertz CT molecular complexity index is 769. The number of aliphatic hydroxyl groups is 1. The summed E-state index contributed by atoms with van der Waals surface area (Å²) in [6.45, 7) is 0. The van der Waals surface area contributed by atoms with Crippen molar-refractivity contribution in [2.45, 2.75) is 44.2 Å². The molecule has 0 atom stereocenters. The quantitative estimate of drug-likeness (QED) is 0.789. The molecule has 0 radical (unpaired) electrons. The molecule has 1 fully saturated rings. The molecule has 1 saturated carbocycles. The summed E-state index contributed by atoms with van der Waals surface area (Å²) in [5.41, 5.74) is 3.34. The molecule has 1 aliphatic heterocycles. The summed E-state index contributed by atoms with van der Waals surface area (Å²) < 4.78 is 0. The van der Waals surface area contributed by atoms with Crippen LogP contribution in [0.3, 0.4) is 0 Å². The van der Waals surface area contributed by atoms with Crippen LogP contribution in [0.1, 0.15) is 31.2 Å². The summed E-state index contributed by atoms with van der Waals surface area (Å²) in [5, 5.41) is 15.9. The van der Waals surface area contributed by atoms with E-state index in [4.69, 9.17) is 0 Å². The van der Waals surface area contributed by atoms with Gasteiger partial charge in [-0.25, -0.2) is 9.97 Å². The minimum atomic E-state index is -0.181. The second-order valence-electron chi connectivity index (χ2n) is 6.49. The van der Waals surface area contributed by atoms with Crippen LogP contribution < -0.4 is 10.6 Å². The number of nitrogens with one attached hydrogen (secondary N) is 2. The molecule has 0 spiro atoms. The fourth-order valence-corrected chi connectivity index (χ4v) is 3.41. The van der Waals surface area contributed by atoms with Crippen LogP contribution >= 0.6 is 0 Å². The van der Waals surface area contributed by atoms with Crippen molar-refractivity contribution >= 4 is 17.5 Å². The van der Waals surface area contributed by atoms with E-state index in [1.165, 1.54) is 0 Å². The number of aliphatic hydroxyl groups excluding tert-OH is 1. The second kappa shape index (κ2) is 6.20. The molecule has 124 valence electrons. The Kier molecular flexibility index (Phi) is 3.90. The largest absolute Gasteiger partial charge is 0.393 e. The monoisotopic (exact) mass is 324 g/mol. The number of benzene rings is 1. The van der Waals surface area contributed by atoms with Crippen LogP contribution in [0.15, 0.2) is 30.5 Å². The van der Waals surface area contributed by atoms with E-state index in [0.29, 0.717) is 5.95 Å². The van der Waals surface area contributed by atoms with Gasteiger partial charge in [-0.15, -0.1) is 0 Å². The first-order chi connectivity index (χ1) is 11.7. The number of hydrogen-bond acceptors (Lipinski definition) is 5. The van der Waals surface area contributed by atoms with Crippen LogP contribution in [0.2, 0.25) is 0 Å². The standard InChI is InChI=1S/C18H20N4O2/c23-13-7-5-12(6-8-13)20-18-19-10-11-9-16(24)21-15-4-2-1-3-14(15)17(11)22-18/h1-4,10,12-13,23H,5-9H2,(H,21,24)(H,19,20,22). The molecule has 1 aromatic carbocycles. The molecule has 1 aromatic heterocycles. The zero-order chi connectivity index (χ0) is 16.5. The number of amides is 1. The van der Waals surface area contributed by atoms with Crippen LogP contribution in [-0.2, 0) is 11.2 Å². The normalized spacial score (nSPS) is 22.8. The van der Waals surface area contributed by atoms with Gasteiger partial charge in [-0.05, 0) is 31.7 Å². The highest BCUT2D eigenvalue weighted by atomic mass is 16.3. The number of para-hydroxylation sites is 1. The Labute approximate surface area is 140 Å². The van der Waals surface area contributed by atoms with E-state index in [2.05, 4.69) is 20.6 Å². The fraction of sp³-hybridized carbons (Fsp3) is 0.389. The lowest BCUT2D eigenvalue weighted by Gasteiger charge is -2.26. The van der Waals surface area contributed by atoms with E-state index in [-0.39, 0.29) is 24.5 Å². The summed E-state index contributed by atoms with van der Waals surface area (Å²) in [5.74, 6) is 0.533. The highest BCUT2D eigenvalue weighted by Crippen LogP contribution is 2.32. The first-order valence-electron chi connectivity index (χ1n) is 8.39. The number of carbonyl (C=O) groups excluding carboxylic acids is 1. The van der Waals surface area contributed by atoms with E-state index in [1.807, 2.05) is 24.3 Å². The molecule has 6 nitrogen and oxygen atoms in total. The maximum Gasteiger partial charge on any atom is 0.228 e. The Morgan fingerprint density at radius 1 is 1.17 bits per heavy atom. The topological polar surface area (TPSA) is 87.1 Å². The van der Waals surface area contributed by atoms with Crippen molar-refractivity contribution in [3.05, 3.63) is 36.0 Å². The third kappa shape index (κ3) is 2.97. The average molecular weight is 324 g/mol. The lowest BCUT2D eigenvalue weighted by Crippen LogP contribution is -2.29. The van der Waals surface area contributed by atoms with Crippen molar-refractivity contribution in [1.29, 1.82) is 0 Å². The van der Waals surface area contributed by atoms with E-state index in [1.54, 1.807) is 6.20 Å². The molecule has 1 aliphatic carbocycles. The molecule has 24 heavy (non-hydrogen) atoms. The molecule has 0 bridgehead atoms. The average Bonchev–Trinajstić information content (AvgIpc) is 2.72. The summed E-state index contributed by atoms with van der Waals surface area (Å²) >= 11 is 0. The van der Waals surface area contributed by atoms with Gasteiger partial charge in [0.05, 0.1) is 23.9 Å². The third-order valence-corrected chi connectivity index (χ3v) is 4.70. The van der Waals surface area contributed by atoms with Gasteiger partial charge in [0, 0.05) is 23.4 Å². The number of aromatic nitrogens is 2. The van der Waals surface area contributed by atoms with E-state index < -0.39 is 0 Å². The number of fused-ring (bicyclic) bond motifs is 3. The van der Waals surface area contributed by atoms with Crippen molar-refractivity contribution in [2.75, 3.05) is 10.6 Å². The minimum absolute atomic E-state index is 0.0493. The van der Waals surface area contributed by atoms with Gasteiger partial charge in [-0.2, -0.15) is 0 Å². The van der Waals surface area contributed by atoms with Crippen LogP contribution in [0.4, 0.5) is 11.6 Å². The number of rotatable bonds is 2. The molecule has 0 saturated heterocycles. The summed E-state index contributed by atoms with van der Waals surface area (Å²) in [7, 11) is 0. The smallest absolute Gasteiger partial charge is 0.228 e. The molecule has 2 aromatic rings. The Morgan fingerprint density at radius 2 is 1.96 bits per heavy atom. The molecule has 1 amide bonds. The van der Waals surface area contributed by atoms with Crippen LogP contribution in [-0.4, -0.2) is 33.1 Å².